The van der Waals surface area contributed by atoms with Gasteiger partial charge in [-0.2, -0.15) is 0 Å². The SMILES string of the molecule is COc1c(OC(=O)Cc2sc(CC(=O)Oc3ccc4c5c3O[C@H]3C(=O)CC[C@@]6(O)[C@@H](C4)N(CC4CC4)CC[C@]536)c(F)c2F)ccc(C)c1[C@]12CCN(CC3CC3)[C@H](C)[C@]1(O)CCC(=O)[C@@H]2C. The lowest BCUT2D eigenvalue weighted by molar-refractivity contribution is -0.188. The Morgan fingerprint density at radius 3 is 2.05 bits per heavy atom. The van der Waals surface area contributed by atoms with E-state index in [1.165, 1.54) is 32.8 Å². The van der Waals surface area contributed by atoms with Gasteiger partial charge < -0.3 is 29.2 Å². The first-order valence-corrected chi connectivity index (χ1v) is 24.7. The van der Waals surface area contributed by atoms with Crippen LogP contribution in [0, 0.1) is 36.3 Å². The van der Waals surface area contributed by atoms with Crippen molar-refractivity contribution in [2.45, 2.75) is 144 Å². The van der Waals surface area contributed by atoms with E-state index in [2.05, 4.69) is 9.80 Å². The first kappa shape index (κ1) is 44.2. The van der Waals surface area contributed by atoms with E-state index in [1.54, 1.807) is 18.2 Å². The Balaban J connectivity index is 0.822. The molecule has 352 valence electrons. The van der Waals surface area contributed by atoms with Crippen molar-refractivity contribution in [2.75, 3.05) is 33.3 Å². The van der Waals surface area contributed by atoms with E-state index >= 15 is 8.78 Å². The monoisotopic (exact) mass is 928 g/mol. The molecule has 15 heteroatoms. The highest BCUT2D eigenvalue weighted by molar-refractivity contribution is 7.12. The summed E-state index contributed by atoms with van der Waals surface area (Å²) >= 11 is 0.626. The molecule has 12 nitrogen and oxygen atoms in total. The normalized spacial score (nSPS) is 33.5. The Hall–Kier alpha value is -4.28. The number of ether oxygens (including phenoxy) is 4. The van der Waals surface area contributed by atoms with Crippen LogP contribution in [0.3, 0.4) is 0 Å². The minimum atomic E-state index is -1.30. The van der Waals surface area contributed by atoms with Crippen LogP contribution in [0.25, 0.3) is 0 Å². The number of benzene rings is 2. The third-order valence-corrected chi connectivity index (χ3v) is 18.6. The fraction of sp³-hybridized carbons (Fsp3) is 0.608. The van der Waals surface area contributed by atoms with E-state index < -0.39 is 70.5 Å². The lowest BCUT2D eigenvalue weighted by Crippen LogP contribution is -2.76. The number of hydrogen-bond donors (Lipinski definition) is 2. The van der Waals surface area contributed by atoms with Crippen molar-refractivity contribution in [2.24, 2.45) is 17.8 Å². The summed E-state index contributed by atoms with van der Waals surface area (Å²) in [6.07, 6.45) is 5.08. The molecule has 5 aliphatic carbocycles. The summed E-state index contributed by atoms with van der Waals surface area (Å²) in [5.74, 6) is -3.23. The van der Waals surface area contributed by atoms with Gasteiger partial charge in [0.25, 0.3) is 0 Å². The van der Waals surface area contributed by atoms with Crippen molar-refractivity contribution in [3.8, 4) is 23.0 Å². The topological polar surface area (TPSA) is 152 Å². The molecule has 4 saturated carbocycles. The highest BCUT2D eigenvalue weighted by Crippen LogP contribution is 2.65. The summed E-state index contributed by atoms with van der Waals surface area (Å²) in [5.41, 5.74) is -1.51. The molecule has 0 radical (unpaired) electrons. The van der Waals surface area contributed by atoms with Gasteiger partial charge in [-0.15, -0.1) is 11.3 Å². The highest BCUT2D eigenvalue weighted by Gasteiger charge is 2.73. The molecule has 6 fully saturated rings. The number of carbonyl (C=O) groups is 4. The van der Waals surface area contributed by atoms with Crippen LogP contribution in [0.1, 0.15) is 110 Å². The van der Waals surface area contributed by atoms with Gasteiger partial charge in [0.2, 0.25) is 0 Å². The molecule has 66 heavy (non-hydrogen) atoms. The molecule has 2 aromatic carbocycles. The van der Waals surface area contributed by atoms with Crippen molar-refractivity contribution in [1.29, 1.82) is 0 Å². The van der Waals surface area contributed by atoms with Crippen LogP contribution in [-0.2, 0) is 49.3 Å². The van der Waals surface area contributed by atoms with Crippen molar-refractivity contribution in [3.05, 3.63) is 67.9 Å². The second-order valence-corrected chi connectivity index (χ2v) is 22.0. The lowest BCUT2D eigenvalue weighted by atomic mass is 9.49. The summed E-state index contributed by atoms with van der Waals surface area (Å²) in [5, 5.41) is 25.5. The molecular formula is C51H58F2N2O10S. The first-order valence-electron chi connectivity index (χ1n) is 23.9. The fourth-order valence-corrected chi connectivity index (χ4v) is 14.8. The number of fused-ring (bicyclic) bond motifs is 1. The predicted octanol–water partition coefficient (Wildman–Crippen LogP) is 6.24. The number of halogens is 2. The number of ketones is 2. The summed E-state index contributed by atoms with van der Waals surface area (Å²) in [6.45, 7) is 8.96. The van der Waals surface area contributed by atoms with E-state index in [-0.39, 0.29) is 75.7 Å². The van der Waals surface area contributed by atoms with Gasteiger partial charge in [-0.25, -0.2) is 8.78 Å². The second-order valence-electron chi connectivity index (χ2n) is 20.8. The van der Waals surface area contributed by atoms with E-state index in [4.69, 9.17) is 18.9 Å². The van der Waals surface area contributed by atoms with Crippen molar-refractivity contribution < 1.29 is 57.1 Å². The quantitative estimate of drug-likeness (QED) is 0.156. The average molecular weight is 929 g/mol. The Labute approximate surface area is 386 Å². The van der Waals surface area contributed by atoms with Gasteiger partial charge in [0.05, 0.1) is 46.3 Å². The Kier molecular flexibility index (Phi) is 10.5. The third-order valence-electron chi connectivity index (χ3n) is 17.5. The van der Waals surface area contributed by atoms with E-state index in [1.807, 2.05) is 26.8 Å². The molecule has 0 amide bonds. The summed E-state index contributed by atoms with van der Waals surface area (Å²) < 4.78 is 55.3. The maximum Gasteiger partial charge on any atom is 0.316 e. The zero-order valence-electron chi connectivity index (χ0n) is 38.0. The molecule has 8 aliphatic rings. The standard InChI is InChI=1S/C51H58F2N2O10S/c1-26-5-11-34(45(62-4)41(26)48-17-19-54(24-29-6-7-29)28(3)50(48,60)15-13-32(56)27(48)2)63-39(58)22-36-43(52)44(53)37(66-36)23-40(59)64-35-12-10-31-21-38-51(61)16-14-33(57)47-49(51,42(31)46(35)65-47)18-20-55(38)25-30-8-9-30/h5,10-12,27-30,38,47,60-61H,6-9,13-25H2,1-4H3/t27-,28+,38+,47-,48+,49-,50+,51+/m0/s1. The largest absolute Gasteiger partial charge is 0.493 e. The van der Waals surface area contributed by atoms with Gasteiger partial charge in [0, 0.05) is 60.5 Å². The molecular weight excluding hydrogens is 871 g/mol. The van der Waals surface area contributed by atoms with Gasteiger partial charge in [0.15, 0.2) is 46.5 Å². The van der Waals surface area contributed by atoms with Crippen LogP contribution in [0.15, 0.2) is 24.3 Å². The summed E-state index contributed by atoms with van der Waals surface area (Å²) in [7, 11) is 1.44. The lowest BCUT2D eigenvalue weighted by Gasteiger charge is -2.62. The number of hydrogen-bond acceptors (Lipinski definition) is 13. The van der Waals surface area contributed by atoms with Gasteiger partial charge in [-0.05, 0) is 120 Å². The number of Topliss-reactive ketones (excluding diaryl/α,β-unsaturated/α-hetero) is 2. The molecule has 8 atom stereocenters. The molecule has 2 bridgehead atoms. The van der Waals surface area contributed by atoms with Crippen LogP contribution in [0.5, 0.6) is 23.0 Å². The molecule has 11 rings (SSSR count). The number of aliphatic hydroxyl groups is 2. The maximum atomic E-state index is 15.6. The van der Waals surface area contributed by atoms with Crippen molar-refractivity contribution in [3.63, 3.8) is 0 Å². The molecule has 0 unspecified atom stereocenters. The number of esters is 2. The minimum Gasteiger partial charge on any atom is -0.493 e. The molecule has 2 saturated heterocycles. The van der Waals surface area contributed by atoms with Crippen molar-refractivity contribution in [1.82, 2.24) is 9.80 Å². The van der Waals surface area contributed by atoms with Gasteiger partial charge >= 0.3 is 11.9 Å². The summed E-state index contributed by atoms with van der Waals surface area (Å²) in [6, 6.07) is 6.37. The molecule has 1 aromatic heterocycles. The summed E-state index contributed by atoms with van der Waals surface area (Å²) in [4.78, 5) is 58.5. The fourth-order valence-electron chi connectivity index (χ4n) is 13.8. The maximum absolute atomic E-state index is 15.6. The van der Waals surface area contributed by atoms with E-state index in [9.17, 15) is 29.4 Å². The van der Waals surface area contributed by atoms with Crippen LogP contribution in [-0.4, -0.2) is 106 Å². The number of methoxy groups -OCH3 is 1. The molecule has 2 N–H and O–H groups in total. The molecule has 3 aliphatic heterocycles. The Morgan fingerprint density at radius 2 is 1.38 bits per heavy atom. The highest BCUT2D eigenvalue weighted by atomic mass is 32.1. The number of nitrogens with zero attached hydrogens (tertiary/aromatic N) is 2. The predicted molar refractivity (Wildman–Crippen MR) is 237 cm³/mol. The first-order chi connectivity index (χ1) is 31.5. The van der Waals surface area contributed by atoms with Gasteiger partial charge in [-0.1, -0.05) is 19.1 Å². The van der Waals surface area contributed by atoms with Crippen LogP contribution in [0.2, 0.25) is 0 Å². The average Bonchev–Trinajstić information content (AvgIpc) is 4.23. The Morgan fingerprint density at radius 1 is 0.788 bits per heavy atom. The molecule has 3 aromatic rings. The van der Waals surface area contributed by atoms with Gasteiger partial charge in [-0.3, -0.25) is 29.0 Å². The van der Waals surface area contributed by atoms with Crippen LogP contribution < -0.4 is 18.9 Å². The number of rotatable bonds is 12. The number of likely N-dealkylation sites (tertiary alicyclic amines) is 2. The van der Waals surface area contributed by atoms with Crippen molar-refractivity contribution >= 4 is 34.8 Å². The zero-order valence-corrected chi connectivity index (χ0v) is 38.8. The van der Waals surface area contributed by atoms with E-state index in [0.29, 0.717) is 73.1 Å². The molecule has 4 heterocycles. The number of piperidine rings is 2. The second kappa shape index (κ2) is 15.6. The van der Waals surface area contributed by atoms with E-state index in [0.717, 1.165) is 24.2 Å². The Bertz CT molecular complexity index is 2580. The number of aryl methyl sites for hydroxylation is 1. The third kappa shape index (κ3) is 6.38. The number of carbonyl (C=O) groups excluding carboxylic acids is 4. The van der Waals surface area contributed by atoms with Crippen LogP contribution >= 0.6 is 11.3 Å². The van der Waals surface area contributed by atoms with Crippen LogP contribution in [0.4, 0.5) is 8.78 Å². The minimum absolute atomic E-state index is 0.0265. The zero-order chi connectivity index (χ0) is 46.2. The smallest absolute Gasteiger partial charge is 0.316 e. The molecule has 1 spiro atoms. The van der Waals surface area contributed by atoms with Gasteiger partial charge in [0.1, 0.15) is 5.78 Å². The number of thiophene rings is 1.